The zero-order valence-electron chi connectivity index (χ0n) is 12.8. The summed E-state index contributed by atoms with van der Waals surface area (Å²) in [5, 5.41) is 3.45. The van der Waals surface area contributed by atoms with Crippen LogP contribution in [-0.4, -0.2) is 16.1 Å². The Kier molecular flexibility index (Phi) is 3.20. The van der Waals surface area contributed by atoms with Crippen molar-refractivity contribution in [3.05, 3.63) is 17.2 Å². The van der Waals surface area contributed by atoms with Gasteiger partial charge < -0.3 is 9.88 Å². The van der Waals surface area contributed by atoms with Crippen LogP contribution < -0.4 is 5.32 Å². The third kappa shape index (κ3) is 2.45. The first-order chi connectivity index (χ1) is 8.99. The fourth-order valence-electron chi connectivity index (χ4n) is 2.81. The van der Waals surface area contributed by atoms with Crippen LogP contribution in [-0.2, 0) is 19.5 Å². The number of nitrogens with zero attached hydrogens (tertiary/aromatic N) is 2. The molecule has 0 amide bonds. The molecule has 3 nitrogen and oxygen atoms in total. The highest BCUT2D eigenvalue weighted by Crippen LogP contribution is 2.42. The molecule has 19 heavy (non-hydrogen) atoms. The van der Waals surface area contributed by atoms with Gasteiger partial charge in [-0.3, -0.25) is 0 Å². The average molecular weight is 261 g/mol. The Morgan fingerprint density at radius 2 is 2.11 bits per heavy atom. The molecule has 0 aromatic carbocycles. The molecule has 0 radical (unpaired) electrons. The molecule has 3 rings (SSSR count). The van der Waals surface area contributed by atoms with Crippen LogP contribution in [0, 0.1) is 11.3 Å². The number of fused-ring (bicyclic) bond motifs is 1. The lowest BCUT2D eigenvalue weighted by molar-refractivity contribution is 0.205. The van der Waals surface area contributed by atoms with E-state index in [9.17, 15) is 0 Å². The number of imidazole rings is 1. The maximum atomic E-state index is 4.96. The van der Waals surface area contributed by atoms with Gasteiger partial charge in [0.05, 0.1) is 5.69 Å². The maximum absolute atomic E-state index is 4.96. The topological polar surface area (TPSA) is 29.9 Å². The second kappa shape index (κ2) is 4.62. The predicted molar refractivity (Wildman–Crippen MR) is 78.2 cm³/mol. The van der Waals surface area contributed by atoms with Gasteiger partial charge in [0.15, 0.2) is 0 Å². The van der Waals surface area contributed by atoms with Crippen molar-refractivity contribution in [2.45, 2.75) is 66.0 Å². The van der Waals surface area contributed by atoms with Crippen molar-refractivity contribution in [2.24, 2.45) is 11.3 Å². The summed E-state index contributed by atoms with van der Waals surface area (Å²) in [6.07, 6.45) is 3.82. The fraction of sp³-hybridized carbons (Fsp3) is 0.812. The van der Waals surface area contributed by atoms with Gasteiger partial charge in [0.2, 0.25) is 0 Å². The third-order valence-corrected chi connectivity index (χ3v) is 5.09. The summed E-state index contributed by atoms with van der Waals surface area (Å²) in [5.74, 6) is 2.82. The Hall–Kier alpha value is -0.830. The molecule has 0 spiro atoms. The summed E-state index contributed by atoms with van der Waals surface area (Å²) in [6.45, 7) is 12.6. The van der Waals surface area contributed by atoms with E-state index in [0.717, 1.165) is 32.0 Å². The van der Waals surface area contributed by atoms with Gasteiger partial charge >= 0.3 is 0 Å². The zero-order valence-corrected chi connectivity index (χ0v) is 12.8. The molecule has 1 saturated carbocycles. The van der Waals surface area contributed by atoms with Crippen molar-refractivity contribution >= 4 is 0 Å². The number of nitrogens with one attached hydrogen (secondary N) is 1. The SMILES string of the molecule is CC(C)C(C)(C)Cn1c(C2CC2)nc2c1CCNC2. The van der Waals surface area contributed by atoms with Crippen LogP contribution in [0.25, 0.3) is 0 Å². The highest BCUT2D eigenvalue weighted by molar-refractivity contribution is 5.24. The lowest BCUT2D eigenvalue weighted by Crippen LogP contribution is -2.30. The highest BCUT2D eigenvalue weighted by Gasteiger charge is 2.34. The summed E-state index contributed by atoms with van der Waals surface area (Å²) in [7, 11) is 0. The summed E-state index contributed by atoms with van der Waals surface area (Å²) < 4.78 is 2.58. The smallest absolute Gasteiger partial charge is 0.112 e. The van der Waals surface area contributed by atoms with Crippen LogP contribution in [0.5, 0.6) is 0 Å². The highest BCUT2D eigenvalue weighted by atomic mass is 15.1. The molecule has 0 atom stereocenters. The molecule has 2 heterocycles. The molecule has 0 saturated heterocycles. The molecule has 1 N–H and O–H groups in total. The molecule has 1 aromatic heterocycles. The molecule has 0 unspecified atom stereocenters. The van der Waals surface area contributed by atoms with Gasteiger partial charge in [-0.1, -0.05) is 27.7 Å². The summed E-state index contributed by atoms with van der Waals surface area (Å²) in [5.41, 5.74) is 3.16. The summed E-state index contributed by atoms with van der Waals surface area (Å²) in [4.78, 5) is 4.96. The van der Waals surface area contributed by atoms with Gasteiger partial charge in [0, 0.05) is 37.7 Å². The van der Waals surface area contributed by atoms with Crippen LogP contribution in [0.4, 0.5) is 0 Å². The Morgan fingerprint density at radius 1 is 1.37 bits per heavy atom. The summed E-state index contributed by atoms with van der Waals surface area (Å²) in [6, 6.07) is 0. The van der Waals surface area contributed by atoms with Crippen molar-refractivity contribution in [2.75, 3.05) is 6.54 Å². The van der Waals surface area contributed by atoms with Crippen LogP contribution in [0.3, 0.4) is 0 Å². The Bertz CT molecular complexity index is 467. The quantitative estimate of drug-likeness (QED) is 0.902. The number of rotatable bonds is 4. The van der Waals surface area contributed by atoms with E-state index < -0.39 is 0 Å². The predicted octanol–water partition coefficient (Wildman–Crippen LogP) is 3.09. The normalized spacial score (nSPS) is 19.8. The Balaban J connectivity index is 1.96. The number of aromatic nitrogens is 2. The minimum atomic E-state index is 0.336. The monoisotopic (exact) mass is 261 g/mol. The molecular weight excluding hydrogens is 234 g/mol. The van der Waals surface area contributed by atoms with Crippen LogP contribution in [0.2, 0.25) is 0 Å². The average Bonchev–Trinajstić information content (AvgIpc) is 3.14. The lowest BCUT2D eigenvalue weighted by Gasteiger charge is -2.31. The standard InChI is InChI=1S/C16H27N3/c1-11(2)16(3,4)10-19-14-7-8-17-9-13(14)18-15(19)12-5-6-12/h11-12,17H,5-10H2,1-4H3. The van der Waals surface area contributed by atoms with Gasteiger partial charge in [-0.25, -0.2) is 4.98 Å². The van der Waals surface area contributed by atoms with Crippen molar-refractivity contribution in [3.63, 3.8) is 0 Å². The first kappa shape index (κ1) is 13.2. The lowest BCUT2D eigenvalue weighted by atomic mass is 9.81. The van der Waals surface area contributed by atoms with Crippen molar-refractivity contribution in [3.8, 4) is 0 Å². The molecule has 1 aliphatic carbocycles. The van der Waals surface area contributed by atoms with Crippen molar-refractivity contribution in [1.29, 1.82) is 0 Å². The minimum absolute atomic E-state index is 0.336. The van der Waals surface area contributed by atoms with Crippen LogP contribution in [0.1, 0.15) is 63.7 Å². The summed E-state index contributed by atoms with van der Waals surface area (Å²) >= 11 is 0. The third-order valence-electron chi connectivity index (χ3n) is 5.09. The molecular formula is C16H27N3. The molecule has 0 bridgehead atoms. The van der Waals surface area contributed by atoms with Gasteiger partial charge in [-0.05, 0) is 24.2 Å². The van der Waals surface area contributed by atoms with Gasteiger partial charge in [-0.15, -0.1) is 0 Å². The fourth-order valence-corrected chi connectivity index (χ4v) is 2.81. The van der Waals surface area contributed by atoms with Crippen molar-refractivity contribution < 1.29 is 0 Å². The molecule has 3 heteroatoms. The van der Waals surface area contributed by atoms with E-state index in [1.807, 2.05) is 0 Å². The maximum Gasteiger partial charge on any atom is 0.112 e. The van der Waals surface area contributed by atoms with E-state index >= 15 is 0 Å². The first-order valence-electron chi connectivity index (χ1n) is 7.78. The number of hydrogen-bond acceptors (Lipinski definition) is 2. The van der Waals surface area contributed by atoms with E-state index in [4.69, 9.17) is 4.98 Å². The van der Waals surface area contributed by atoms with Crippen LogP contribution >= 0.6 is 0 Å². The first-order valence-corrected chi connectivity index (χ1v) is 7.78. The zero-order chi connectivity index (χ0) is 13.6. The molecule has 106 valence electrons. The minimum Gasteiger partial charge on any atom is -0.331 e. The Morgan fingerprint density at radius 3 is 2.74 bits per heavy atom. The van der Waals surface area contributed by atoms with Gasteiger partial charge in [-0.2, -0.15) is 0 Å². The van der Waals surface area contributed by atoms with E-state index in [0.29, 0.717) is 11.3 Å². The molecule has 1 aromatic rings. The van der Waals surface area contributed by atoms with Crippen molar-refractivity contribution in [1.82, 2.24) is 14.9 Å². The molecule has 1 fully saturated rings. The second-order valence-corrected chi connectivity index (χ2v) is 7.29. The van der Waals surface area contributed by atoms with E-state index in [1.54, 1.807) is 0 Å². The van der Waals surface area contributed by atoms with Crippen LogP contribution in [0.15, 0.2) is 0 Å². The second-order valence-electron chi connectivity index (χ2n) is 7.29. The largest absolute Gasteiger partial charge is 0.331 e. The van der Waals surface area contributed by atoms with Gasteiger partial charge in [0.1, 0.15) is 5.82 Å². The molecule has 2 aliphatic rings. The Labute approximate surface area is 116 Å². The molecule has 1 aliphatic heterocycles. The van der Waals surface area contributed by atoms with E-state index in [2.05, 4.69) is 37.6 Å². The van der Waals surface area contributed by atoms with Gasteiger partial charge in [0.25, 0.3) is 0 Å². The van der Waals surface area contributed by atoms with E-state index in [-0.39, 0.29) is 0 Å². The van der Waals surface area contributed by atoms with E-state index in [1.165, 1.54) is 30.1 Å². The number of hydrogen-bond donors (Lipinski definition) is 1.